The van der Waals surface area contributed by atoms with E-state index in [1.165, 1.54) is 24.3 Å². The van der Waals surface area contributed by atoms with Gasteiger partial charge in [0.15, 0.2) is 0 Å². The molecule has 0 aliphatic rings. The van der Waals surface area contributed by atoms with Gasteiger partial charge in [-0.05, 0) is 30.3 Å². The summed E-state index contributed by atoms with van der Waals surface area (Å²) >= 11 is 11.5. The number of nitro benzene ring substituents is 1. The molecule has 2 aromatic rings. The maximum absolute atomic E-state index is 12.1. The van der Waals surface area contributed by atoms with Crippen molar-refractivity contribution >= 4 is 39.0 Å². The van der Waals surface area contributed by atoms with Crippen LogP contribution in [0.25, 0.3) is 0 Å². The lowest BCUT2D eigenvalue weighted by atomic mass is 10.3. The van der Waals surface area contributed by atoms with Crippen LogP contribution in [0.15, 0.2) is 47.4 Å². The molecule has 0 aromatic heterocycles. The van der Waals surface area contributed by atoms with Gasteiger partial charge in [-0.25, -0.2) is 0 Å². The lowest BCUT2D eigenvalue weighted by Crippen LogP contribution is -2.10. The van der Waals surface area contributed by atoms with E-state index in [0.29, 0.717) is 0 Å². The minimum atomic E-state index is -4.19. The molecule has 0 saturated carbocycles. The average Bonchev–Trinajstić information content (AvgIpc) is 2.41. The van der Waals surface area contributed by atoms with E-state index in [4.69, 9.17) is 27.4 Å². The third-order valence-corrected chi connectivity index (χ3v) is 4.38. The maximum atomic E-state index is 12.1. The summed E-state index contributed by atoms with van der Waals surface area (Å²) in [5.74, 6) is -0.0726. The first-order valence-corrected chi connectivity index (χ1v) is 7.60. The fourth-order valence-electron chi connectivity index (χ4n) is 1.46. The Hall–Kier alpha value is -1.83. The number of hydrogen-bond donors (Lipinski definition) is 0. The summed E-state index contributed by atoms with van der Waals surface area (Å²) in [5.41, 5.74) is -0.180. The van der Waals surface area contributed by atoms with E-state index in [1.54, 1.807) is 0 Å². The molecule has 0 spiro atoms. The molecular formula is C12H7Cl2NO5S. The number of rotatable bonds is 4. The van der Waals surface area contributed by atoms with Gasteiger partial charge in [-0.3, -0.25) is 10.1 Å². The Kier molecular flexibility index (Phi) is 4.36. The van der Waals surface area contributed by atoms with Crippen LogP contribution in [0.2, 0.25) is 10.0 Å². The molecule has 0 bridgehead atoms. The van der Waals surface area contributed by atoms with Gasteiger partial charge in [-0.15, -0.1) is 0 Å². The average molecular weight is 348 g/mol. The Morgan fingerprint density at radius 3 is 2.24 bits per heavy atom. The van der Waals surface area contributed by atoms with E-state index in [1.807, 2.05) is 0 Å². The fraction of sp³-hybridized carbons (Fsp3) is 0. The van der Waals surface area contributed by atoms with Crippen molar-refractivity contribution in [3.63, 3.8) is 0 Å². The van der Waals surface area contributed by atoms with Crippen molar-refractivity contribution < 1.29 is 17.5 Å². The second kappa shape index (κ2) is 5.88. The molecule has 0 heterocycles. The molecule has 0 radical (unpaired) electrons. The zero-order chi connectivity index (χ0) is 15.6. The van der Waals surface area contributed by atoms with E-state index in [0.717, 1.165) is 18.2 Å². The second-order valence-corrected chi connectivity index (χ2v) is 6.22. The normalized spacial score (nSPS) is 11.1. The number of nitro groups is 1. The lowest BCUT2D eigenvalue weighted by Gasteiger charge is -2.08. The van der Waals surface area contributed by atoms with Gasteiger partial charge < -0.3 is 4.18 Å². The summed E-state index contributed by atoms with van der Waals surface area (Å²) in [5, 5.41) is 10.7. The summed E-state index contributed by atoms with van der Waals surface area (Å²) < 4.78 is 29.1. The monoisotopic (exact) mass is 347 g/mol. The van der Waals surface area contributed by atoms with Crippen LogP contribution in [0.4, 0.5) is 5.69 Å². The van der Waals surface area contributed by atoms with Gasteiger partial charge in [-0.1, -0.05) is 23.2 Å². The number of nitrogens with zero attached hydrogens (tertiary/aromatic N) is 1. The number of halogens is 2. The number of benzene rings is 2. The molecule has 0 fully saturated rings. The minimum absolute atomic E-state index is 0.0405. The molecular weight excluding hydrogens is 341 g/mol. The van der Waals surface area contributed by atoms with E-state index in [2.05, 4.69) is 0 Å². The molecule has 0 unspecified atom stereocenters. The van der Waals surface area contributed by atoms with Gasteiger partial charge >= 0.3 is 10.1 Å². The van der Waals surface area contributed by atoms with Crippen LogP contribution in [0.5, 0.6) is 5.75 Å². The summed E-state index contributed by atoms with van der Waals surface area (Å²) in [4.78, 5) is 9.63. The Morgan fingerprint density at radius 1 is 1.05 bits per heavy atom. The van der Waals surface area contributed by atoms with Crippen LogP contribution in [-0.2, 0) is 10.1 Å². The van der Waals surface area contributed by atoms with Crippen LogP contribution in [0, 0.1) is 10.1 Å². The van der Waals surface area contributed by atoms with Crippen LogP contribution < -0.4 is 4.18 Å². The van der Waals surface area contributed by atoms with Gasteiger partial charge in [0.2, 0.25) is 0 Å². The van der Waals surface area contributed by atoms with E-state index >= 15 is 0 Å². The summed E-state index contributed by atoms with van der Waals surface area (Å²) in [7, 11) is -4.19. The Balaban J connectivity index is 2.33. The fourth-order valence-corrected chi connectivity index (χ4v) is 3.13. The van der Waals surface area contributed by atoms with Crippen molar-refractivity contribution in [1.82, 2.24) is 0 Å². The lowest BCUT2D eigenvalue weighted by molar-refractivity contribution is -0.384. The third kappa shape index (κ3) is 3.63. The van der Waals surface area contributed by atoms with E-state index < -0.39 is 15.0 Å². The number of non-ortho nitro benzene ring substituents is 1. The van der Waals surface area contributed by atoms with Crippen molar-refractivity contribution in [3.05, 3.63) is 62.6 Å². The highest BCUT2D eigenvalue weighted by molar-refractivity contribution is 7.87. The Labute approximate surface area is 130 Å². The Morgan fingerprint density at radius 2 is 1.67 bits per heavy atom. The second-order valence-electron chi connectivity index (χ2n) is 3.86. The number of hydrogen-bond acceptors (Lipinski definition) is 5. The van der Waals surface area contributed by atoms with Crippen LogP contribution in [0.1, 0.15) is 0 Å². The molecule has 0 amide bonds. The summed E-state index contributed by atoms with van der Waals surface area (Å²) in [6, 6.07) is 8.53. The van der Waals surface area contributed by atoms with Gasteiger partial charge in [0, 0.05) is 17.2 Å². The van der Waals surface area contributed by atoms with Gasteiger partial charge in [0.25, 0.3) is 5.69 Å². The van der Waals surface area contributed by atoms with Gasteiger partial charge in [-0.2, -0.15) is 8.42 Å². The molecule has 0 aliphatic carbocycles. The first-order chi connectivity index (χ1) is 9.79. The highest BCUT2D eigenvalue weighted by Gasteiger charge is 2.21. The first-order valence-electron chi connectivity index (χ1n) is 5.43. The van der Waals surface area contributed by atoms with Crippen LogP contribution in [-0.4, -0.2) is 13.3 Å². The maximum Gasteiger partial charge on any atom is 0.340 e. The molecule has 2 rings (SSSR count). The predicted molar refractivity (Wildman–Crippen MR) is 77.4 cm³/mol. The summed E-state index contributed by atoms with van der Waals surface area (Å²) in [6.07, 6.45) is 0. The van der Waals surface area contributed by atoms with Crippen LogP contribution >= 0.6 is 23.2 Å². The van der Waals surface area contributed by atoms with Gasteiger partial charge in [0.1, 0.15) is 10.6 Å². The van der Waals surface area contributed by atoms with Gasteiger partial charge in [0.05, 0.1) is 9.95 Å². The molecule has 0 saturated heterocycles. The Bertz CT molecular complexity index is 790. The molecule has 110 valence electrons. The smallest absolute Gasteiger partial charge is 0.340 e. The van der Waals surface area contributed by atoms with E-state index in [9.17, 15) is 18.5 Å². The minimum Gasteiger partial charge on any atom is -0.379 e. The van der Waals surface area contributed by atoms with Crippen molar-refractivity contribution in [2.24, 2.45) is 0 Å². The highest BCUT2D eigenvalue weighted by atomic mass is 35.5. The zero-order valence-electron chi connectivity index (χ0n) is 10.2. The third-order valence-electron chi connectivity index (χ3n) is 2.42. The molecule has 9 heteroatoms. The first kappa shape index (κ1) is 15.6. The topological polar surface area (TPSA) is 86.5 Å². The molecule has 6 nitrogen and oxygen atoms in total. The van der Waals surface area contributed by atoms with Crippen LogP contribution in [0.3, 0.4) is 0 Å². The van der Waals surface area contributed by atoms with Crippen molar-refractivity contribution in [3.8, 4) is 5.75 Å². The molecule has 21 heavy (non-hydrogen) atoms. The summed E-state index contributed by atoms with van der Waals surface area (Å²) in [6.45, 7) is 0. The largest absolute Gasteiger partial charge is 0.379 e. The predicted octanol–water partition coefficient (Wildman–Crippen LogP) is 3.67. The highest BCUT2D eigenvalue weighted by Crippen LogP contribution is 2.28. The zero-order valence-corrected chi connectivity index (χ0v) is 12.5. The van der Waals surface area contributed by atoms with Crippen molar-refractivity contribution in [1.29, 1.82) is 0 Å². The molecule has 0 N–H and O–H groups in total. The van der Waals surface area contributed by atoms with Crippen molar-refractivity contribution in [2.45, 2.75) is 4.90 Å². The molecule has 0 atom stereocenters. The quantitative estimate of drug-likeness (QED) is 0.478. The molecule has 0 aliphatic heterocycles. The van der Waals surface area contributed by atoms with Crippen molar-refractivity contribution in [2.75, 3.05) is 0 Å². The SMILES string of the molecule is O=[N+]([O-])c1ccc(OS(=O)(=O)c2cc(Cl)ccc2Cl)cc1. The van der Waals surface area contributed by atoms with E-state index in [-0.39, 0.29) is 26.4 Å². The molecule has 2 aromatic carbocycles. The standard InChI is InChI=1S/C12H7Cl2NO5S/c13-8-1-6-11(14)12(7-8)21(18,19)20-10-4-2-9(3-5-10)15(16)17/h1-7H.